The van der Waals surface area contributed by atoms with Crippen LogP contribution in [0.5, 0.6) is 0 Å². The van der Waals surface area contributed by atoms with Gasteiger partial charge in [0.25, 0.3) is 11.9 Å². The van der Waals surface area contributed by atoms with Gasteiger partial charge in [-0.3, -0.25) is 0 Å². The maximum Gasteiger partial charge on any atom is 0.252 e. The van der Waals surface area contributed by atoms with E-state index in [0.29, 0.717) is 11.8 Å². The van der Waals surface area contributed by atoms with E-state index in [1.54, 1.807) is 0 Å². The fourth-order valence-electron chi connectivity index (χ4n) is 1.18. The Morgan fingerprint density at radius 2 is 1.28 bits per heavy atom. The van der Waals surface area contributed by atoms with Crippen LogP contribution >= 0.6 is 11.8 Å². The molecule has 0 N–H and O–H groups in total. The molecule has 0 saturated heterocycles. The van der Waals surface area contributed by atoms with Gasteiger partial charge in [-0.15, -0.1) is 0 Å². The number of halogens is 5. The highest BCUT2D eigenvalue weighted by molar-refractivity contribution is 7.99. The molecule has 0 aliphatic carbocycles. The molecule has 0 fully saturated rings. The monoisotopic (exact) mass is 277 g/mol. The smallest absolute Gasteiger partial charge is 0.207 e. The molecule has 0 atom stereocenters. The highest BCUT2D eigenvalue weighted by atomic mass is 32.2. The zero-order valence-corrected chi connectivity index (χ0v) is 9.37. The Morgan fingerprint density at radius 3 is 1.78 bits per heavy atom. The van der Waals surface area contributed by atoms with Gasteiger partial charge in [-0.05, 0) is 24.3 Å². The molecule has 2 rings (SSSR count). The van der Waals surface area contributed by atoms with Crippen molar-refractivity contribution in [2.45, 2.75) is 9.79 Å². The van der Waals surface area contributed by atoms with Crippen molar-refractivity contribution in [2.75, 3.05) is 0 Å². The number of nitrogens with zero attached hydrogens (tertiary/aromatic N) is 1. The number of rotatable bonds is 2. The van der Waals surface area contributed by atoms with Crippen LogP contribution in [-0.4, -0.2) is 4.98 Å². The molecule has 7 heteroatoms. The van der Waals surface area contributed by atoms with Gasteiger partial charge in [0.2, 0.25) is 0 Å². The third-order valence-electron chi connectivity index (χ3n) is 1.99. The van der Waals surface area contributed by atoms with Crippen LogP contribution in [0.4, 0.5) is 22.0 Å². The number of hydrogen-bond acceptors (Lipinski definition) is 2. The SMILES string of the molecule is Fc1ccc(Sc2c(F)c(F)nc(F)c2F)cc1. The summed E-state index contributed by atoms with van der Waals surface area (Å²) < 4.78 is 64.8. The lowest BCUT2D eigenvalue weighted by atomic mass is 10.3. The summed E-state index contributed by atoms with van der Waals surface area (Å²) in [6, 6.07) is 4.59. The van der Waals surface area contributed by atoms with E-state index in [1.807, 2.05) is 0 Å². The van der Waals surface area contributed by atoms with Gasteiger partial charge in [0, 0.05) is 4.90 Å². The van der Waals surface area contributed by atoms with Crippen molar-refractivity contribution < 1.29 is 22.0 Å². The van der Waals surface area contributed by atoms with Gasteiger partial charge >= 0.3 is 0 Å². The molecular weight excluding hydrogens is 273 g/mol. The fourth-order valence-corrected chi connectivity index (χ4v) is 2.03. The van der Waals surface area contributed by atoms with Crippen molar-refractivity contribution in [1.82, 2.24) is 4.98 Å². The molecule has 1 aromatic carbocycles. The first-order valence-corrected chi connectivity index (χ1v) is 5.44. The first-order chi connectivity index (χ1) is 8.49. The van der Waals surface area contributed by atoms with Gasteiger partial charge in [0.05, 0.1) is 4.90 Å². The second-order valence-corrected chi connectivity index (χ2v) is 4.29. The van der Waals surface area contributed by atoms with E-state index in [4.69, 9.17) is 0 Å². The van der Waals surface area contributed by atoms with Gasteiger partial charge in [-0.25, -0.2) is 13.2 Å². The summed E-state index contributed by atoms with van der Waals surface area (Å²) in [5.41, 5.74) is 0. The predicted octanol–water partition coefficient (Wildman–Crippen LogP) is 3.93. The van der Waals surface area contributed by atoms with Gasteiger partial charge in [-0.1, -0.05) is 11.8 Å². The van der Waals surface area contributed by atoms with E-state index >= 15 is 0 Å². The second kappa shape index (κ2) is 4.93. The molecule has 1 nitrogen and oxygen atoms in total. The summed E-state index contributed by atoms with van der Waals surface area (Å²) in [4.78, 5) is 1.81. The molecule has 0 radical (unpaired) electrons. The molecular formula is C11H4F5NS. The third kappa shape index (κ3) is 2.45. The van der Waals surface area contributed by atoms with E-state index in [1.165, 1.54) is 12.1 Å². The summed E-state index contributed by atoms with van der Waals surface area (Å²) in [5, 5.41) is 0. The van der Waals surface area contributed by atoms with E-state index in [-0.39, 0.29) is 4.90 Å². The summed E-state index contributed by atoms with van der Waals surface area (Å²) in [6.07, 6.45) is 0. The Kier molecular flexibility index (Phi) is 3.51. The fraction of sp³-hybridized carbons (Fsp3) is 0. The maximum atomic E-state index is 13.3. The van der Waals surface area contributed by atoms with E-state index < -0.39 is 34.2 Å². The molecule has 0 aliphatic rings. The van der Waals surface area contributed by atoms with Crippen LogP contribution in [0.25, 0.3) is 0 Å². The van der Waals surface area contributed by atoms with Gasteiger partial charge in [0.15, 0.2) is 11.6 Å². The quantitative estimate of drug-likeness (QED) is 0.609. The molecule has 18 heavy (non-hydrogen) atoms. The molecule has 1 aromatic heterocycles. The summed E-state index contributed by atoms with van der Waals surface area (Å²) >= 11 is 0.441. The van der Waals surface area contributed by atoms with E-state index in [9.17, 15) is 22.0 Å². The normalized spacial score (nSPS) is 10.7. The predicted molar refractivity (Wildman–Crippen MR) is 54.6 cm³/mol. The Balaban J connectivity index is 2.42. The minimum atomic E-state index is -1.72. The van der Waals surface area contributed by atoms with Crippen LogP contribution < -0.4 is 0 Å². The topological polar surface area (TPSA) is 12.9 Å². The van der Waals surface area contributed by atoms with Crippen LogP contribution in [0.3, 0.4) is 0 Å². The zero-order valence-electron chi connectivity index (χ0n) is 8.55. The van der Waals surface area contributed by atoms with E-state index in [0.717, 1.165) is 12.1 Å². The largest absolute Gasteiger partial charge is 0.252 e. The van der Waals surface area contributed by atoms with Crippen molar-refractivity contribution in [3.05, 3.63) is 53.6 Å². The van der Waals surface area contributed by atoms with Crippen LogP contribution in [0.1, 0.15) is 0 Å². The average Bonchev–Trinajstić information content (AvgIpc) is 2.34. The van der Waals surface area contributed by atoms with E-state index in [2.05, 4.69) is 4.98 Å². The molecule has 0 unspecified atom stereocenters. The highest BCUT2D eigenvalue weighted by Crippen LogP contribution is 2.33. The number of hydrogen-bond donors (Lipinski definition) is 0. The number of aromatic nitrogens is 1. The second-order valence-electron chi connectivity index (χ2n) is 3.21. The van der Waals surface area contributed by atoms with Crippen molar-refractivity contribution in [1.29, 1.82) is 0 Å². The molecule has 1 heterocycles. The molecule has 0 spiro atoms. The maximum absolute atomic E-state index is 13.3. The lowest BCUT2D eigenvalue weighted by molar-refractivity contribution is 0.383. The van der Waals surface area contributed by atoms with Crippen LogP contribution in [0, 0.1) is 29.3 Å². The minimum absolute atomic E-state index is 0.235. The van der Waals surface area contributed by atoms with Crippen LogP contribution in [-0.2, 0) is 0 Å². The van der Waals surface area contributed by atoms with Crippen molar-refractivity contribution in [3.63, 3.8) is 0 Å². The minimum Gasteiger partial charge on any atom is -0.207 e. The van der Waals surface area contributed by atoms with Gasteiger partial charge < -0.3 is 0 Å². The zero-order chi connectivity index (χ0) is 13.3. The average molecular weight is 277 g/mol. The first kappa shape index (κ1) is 12.8. The van der Waals surface area contributed by atoms with Crippen molar-refractivity contribution in [3.8, 4) is 0 Å². The third-order valence-corrected chi connectivity index (χ3v) is 3.06. The molecule has 0 saturated carbocycles. The lowest BCUT2D eigenvalue weighted by Crippen LogP contribution is -2.01. The van der Waals surface area contributed by atoms with Gasteiger partial charge in [0.1, 0.15) is 5.82 Å². The Morgan fingerprint density at radius 1 is 0.778 bits per heavy atom. The standard InChI is InChI=1S/C11H4F5NS/c12-5-1-3-6(4-2-5)18-9-7(13)10(15)17-11(16)8(9)14/h1-4H. The summed E-state index contributed by atoms with van der Waals surface area (Å²) in [7, 11) is 0. The first-order valence-electron chi connectivity index (χ1n) is 4.62. The van der Waals surface area contributed by atoms with Crippen molar-refractivity contribution in [2.24, 2.45) is 0 Å². The van der Waals surface area contributed by atoms with Crippen molar-refractivity contribution >= 4 is 11.8 Å². The summed E-state index contributed by atoms with van der Waals surface area (Å²) in [6.45, 7) is 0. The summed E-state index contributed by atoms with van der Waals surface area (Å²) in [5.74, 6) is -7.14. The molecule has 94 valence electrons. The highest BCUT2D eigenvalue weighted by Gasteiger charge is 2.21. The Hall–Kier alpha value is -1.63. The lowest BCUT2D eigenvalue weighted by Gasteiger charge is -2.05. The van der Waals surface area contributed by atoms with Gasteiger partial charge in [-0.2, -0.15) is 13.8 Å². The molecule has 0 bridgehead atoms. The van der Waals surface area contributed by atoms with Crippen LogP contribution in [0.2, 0.25) is 0 Å². The Labute approximate surface area is 103 Å². The molecule has 0 amide bonds. The number of pyridine rings is 1. The van der Waals surface area contributed by atoms with Crippen LogP contribution in [0.15, 0.2) is 34.1 Å². The molecule has 2 aromatic rings. The Bertz CT molecular complexity index is 559. The molecule has 0 aliphatic heterocycles. The number of benzene rings is 1.